The summed E-state index contributed by atoms with van der Waals surface area (Å²) in [5, 5.41) is 3.22. The maximum atomic E-state index is 13.6. The minimum atomic E-state index is -0.954. The van der Waals surface area contributed by atoms with Crippen LogP contribution >= 0.6 is 11.6 Å². The minimum absolute atomic E-state index is 0.110. The molecule has 2 amide bonds. The molecule has 4 aromatic rings. The van der Waals surface area contributed by atoms with Crippen molar-refractivity contribution in [3.8, 4) is 16.9 Å². The molecule has 0 saturated carbocycles. The van der Waals surface area contributed by atoms with Gasteiger partial charge in [0, 0.05) is 46.3 Å². The Morgan fingerprint density at radius 1 is 0.975 bits per heavy atom. The predicted molar refractivity (Wildman–Crippen MR) is 155 cm³/mol. The molecule has 0 aliphatic heterocycles. The molecule has 3 N–H and O–H groups in total. The third kappa shape index (κ3) is 6.30. The van der Waals surface area contributed by atoms with Crippen LogP contribution in [0.2, 0.25) is 5.02 Å². The van der Waals surface area contributed by atoms with Crippen molar-refractivity contribution >= 4 is 34.9 Å². The molecule has 1 heterocycles. The molecule has 0 fully saturated rings. The highest BCUT2D eigenvalue weighted by Gasteiger charge is 2.25. The molecule has 1 atom stereocenters. The number of amides is 2. The van der Waals surface area contributed by atoms with Crippen molar-refractivity contribution in [2.45, 2.75) is 25.8 Å². The minimum Gasteiger partial charge on any atom is -0.495 e. The highest BCUT2D eigenvalue weighted by Crippen LogP contribution is 2.34. The predicted octanol–water partition coefficient (Wildman–Crippen LogP) is 5.29. The Morgan fingerprint density at radius 2 is 1.68 bits per heavy atom. The van der Waals surface area contributed by atoms with Crippen LogP contribution in [0.5, 0.6) is 5.75 Å². The zero-order valence-electron chi connectivity index (χ0n) is 22.0. The van der Waals surface area contributed by atoms with E-state index in [0.717, 1.165) is 5.56 Å². The quantitative estimate of drug-likeness (QED) is 0.257. The van der Waals surface area contributed by atoms with Gasteiger partial charge in [0.25, 0.3) is 5.56 Å². The zero-order valence-corrected chi connectivity index (χ0v) is 22.8. The second-order valence-corrected chi connectivity index (χ2v) is 9.54. The molecule has 0 bridgehead atoms. The number of methoxy groups -OCH3 is 1. The van der Waals surface area contributed by atoms with Gasteiger partial charge in [-0.1, -0.05) is 48.9 Å². The van der Waals surface area contributed by atoms with E-state index < -0.39 is 23.4 Å². The van der Waals surface area contributed by atoms with Crippen molar-refractivity contribution in [1.29, 1.82) is 0 Å². The normalized spacial score (nSPS) is 11.5. The number of aromatic nitrogens is 1. The highest BCUT2D eigenvalue weighted by atomic mass is 35.5. The number of primary amides is 1. The van der Waals surface area contributed by atoms with E-state index in [9.17, 15) is 19.2 Å². The van der Waals surface area contributed by atoms with Gasteiger partial charge in [-0.3, -0.25) is 23.7 Å². The topological polar surface area (TPSA) is 120 Å². The lowest BCUT2D eigenvalue weighted by atomic mass is 9.95. The van der Waals surface area contributed by atoms with E-state index in [1.54, 1.807) is 37.3 Å². The highest BCUT2D eigenvalue weighted by molar-refractivity contribution is 6.31. The van der Waals surface area contributed by atoms with Gasteiger partial charge in [-0.05, 0) is 53.6 Å². The van der Waals surface area contributed by atoms with Crippen LogP contribution in [0.3, 0.4) is 0 Å². The number of nitrogens with two attached hydrogens (primary N) is 1. The van der Waals surface area contributed by atoms with Crippen LogP contribution in [-0.4, -0.2) is 29.3 Å². The Morgan fingerprint density at radius 3 is 2.30 bits per heavy atom. The van der Waals surface area contributed by atoms with E-state index >= 15 is 0 Å². The van der Waals surface area contributed by atoms with Gasteiger partial charge in [0.2, 0.25) is 11.8 Å². The number of carbonyl (C=O) groups is 3. The fourth-order valence-corrected chi connectivity index (χ4v) is 4.59. The van der Waals surface area contributed by atoms with Crippen molar-refractivity contribution in [3.05, 3.63) is 117 Å². The monoisotopic (exact) mass is 557 g/mol. The molecule has 9 heteroatoms. The first kappa shape index (κ1) is 28.3. The van der Waals surface area contributed by atoms with Gasteiger partial charge in [-0.2, -0.15) is 0 Å². The van der Waals surface area contributed by atoms with Gasteiger partial charge in [0.05, 0.1) is 13.3 Å². The van der Waals surface area contributed by atoms with Crippen molar-refractivity contribution < 1.29 is 19.1 Å². The molecule has 0 unspecified atom stereocenters. The number of carbonyl (C=O) groups excluding carboxylic acids is 3. The lowest BCUT2D eigenvalue weighted by Gasteiger charge is -2.22. The van der Waals surface area contributed by atoms with Crippen LogP contribution < -0.4 is 21.3 Å². The number of nitrogens with zero attached hydrogens (tertiary/aromatic N) is 1. The number of ketones is 1. The molecule has 0 radical (unpaired) electrons. The van der Waals surface area contributed by atoms with Gasteiger partial charge in [-0.15, -0.1) is 0 Å². The van der Waals surface area contributed by atoms with Crippen molar-refractivity contribution in [2.75, 3.05) is 12.4 Å². The van der Waals surface area contributed by atoms with Crippen molar-refractivity contribution in [2.24, 2.45) is 5.73 Å². The van der Waals surface area contributed by atoms with Gasteiger partial charge >= 0.3 is 0 Å². The second kappa shape index (κ2) is 12.4. The third-order valence-electron chi connectivity index (χ3n) is 6.50. The third-order valence-corrected chi connectivity index (χ3v) is 6.74. The van der Waals surface area contributed by atoms with Gasteiger partial charge in [0.15, 0.2) is 5.78 Å². The Balaban J connectivity index is 1.79. The number of nitrogens with one attached hydrogen (secondary N) is 1. The SMILES string of the molecule is CCC(=O)c1ccc(Cl)cc1-c1cc(=O)n([C@H](Cc2ccccc2)C(=O)Nc2ccc(C(N)=O)cc2)cc1OC. The van der Waals surface area contributed by atoms with Crippen LogP contribution in [0.15, 0.2) is 89.9 Å². The van der Waals surface area contributed by atoms with Crippen LogP contribution in [-0.2, 0) is 11.2 Å². The number of benzene rings is 3. The lowest BCUT2D eigenvalue weighted by Crippen LogP contribution is -2.34. The zero-order chi connectivity index (χ0) is 28.8. The van der Waals surface area contributed by atoms with Crippen molar-refractivity contribution in [3.63, 3.8) is 0 Å². The number of anilines is 1. The number of hydrogen-bond acceptors (Lipinski definition) is 5. The standard InChI is InChI=1S/C31H28ClN3O5/c1-3-27(36)23-14-11-21(32)16-24(23)25-17-29(37)35(18-28(25)40-2)26(15-19-7-5-4-6-8-19)31(39)34-22-12-9-20(10-13-22)30(33)38/h4-14,16-18,26H,3,15H2,1-2H3,(H2,33,38)(H,34,39)/t26-/m1/s1. The van der Waals surface area contributed by atoms with E-state index in [4.69, 9.17) is 22.1 Å². The number of halogens is 1. The number of rotatable bonds is 10. The average Bonchev–Trinajstić information content (AvgIpc) is 2.96. The summed E-state index contributed by atoms with van der Waals surface area (Å²) in [6, 6.07) is 20.7. The van der Waals surface area contributed by atoms with E-state index in [0.29, 0.717) is 38.7 Å². The van der Waals surface area contributed by atoms with Crippen LogP contribution in [0, 0.1) is 0 Å². The fourth-order valence-electron chi connectivity index (χ4n) is 4.42. The van der Waals surface area contributed by atoms with E-state index in [1.807, 2.05) is 30.3 Å². The summed E-state index contributed by atoms with van der Waals surface area (Å²) in [6.07, 6.45) is 1.96. The van der Waals surface area contributed by atoms with E-state index in [1.165, 1.54) is 36.1 Å². The maximum Gasteiger partial charge on any atom is 0.252 e. The van der Waals surface area contributed by atoms with Gasteiger partial charge in [-0.25, -0.2) is 0 Å². The molecule has 40 heavy (non-hydrogen) atoms. The summed E-state index contributed by atoms with van der Waals surface area (Å²) in [4.78, 5) is 51.3. The molecule has 0 spiro atoms. The number of Topliss-reactive ketones (excluding diaryl/α,β-unsaturated/α-hetero) is 1. The molecule has 0 aliphatic rings. The van der Waals surface area contributed by atoms with Gasteiger partial charge in [0.1, 0.15) is 11.8 Å². The van der Waals surface area contributed by atoms with Crippen molar-refractivity contribution in [1.82, 2.24) is 4.57 Å². The summed E-state index contributed by atoms with van der Waals surface area (Å²) in [5.41, 5.74) is 7.71. The molecule has 1 aromatic heterocycles. The summed E-state index contributed by atoms with van der Waals surface area (Å²) in [7, 11) is 1.45. The Labute approximate surface area is 236 Å². The number of pyridine rings is 1. The number of hydrogen-bond donors (Lipinski definition) is 2. The molecule has 0 saturated heterocycles. The van der Waals surface area contributed by atoms with Gasteiger partial charge < -0.3 is 15.8 Å². The van der Waals surface area contributed by atoms with Crippen LogP contribution in [0.25, 0.3) is 11.1 Å². The summed E-state index contributed by atoms with van der Waals surface area (Å²) < 4.78 is 6.96. The molecular weight excluding hydrogens is 530 g/mol. The molecule has 3 aromatic carbocycles. The molecular formula is C31H28ClN3O5. The number of ether oxygens (including phenoxy) is 1. The first-order valence-corrected chi connectivity index (χ1v) is 13.0. The first-order valence-electron chi connectivity index (χ1n) is 12.6. The molecule has 8 nitrogen and oxygen atoms in total. The smallest absolute Gasteiger partial charge is 0.252 e. The van der Waals surface area contributed by atoms with E-state index in [-0.39, 0.29) is 18.6 Å². The van der Waals surface area contributed by atoms with Crippen LogP contribution in [0.4, 0.5) is 5.69 Å². The maximum absolute atomic E-state index is 13.6. The molecule has 0 aliphatic carbocycles. The van der Waals surface area contributed by atoms with Crippen LogP contribution in [0.1, 0.15) is 45.7 Å². The molecule has 4 rings (SSSR count). The first-order chi connectivity index (χ1) is 19.2. The lowest BCUT2D eigenvalue weighted by molar-refractivity contribution is -0.119. The Hall–Kier alpha value is -4.69. The largest absolute Gasteiger partial charge is 0.495 e. The van der Waals surface area contributed by atoms with E-state index in [2.05, 4.69) is 5.32 Å². The fraction of sp³-hybridized carbons (Fsp3) is 0.161. The second-order valence-electron chi connectivity index (χ2n) is 9.10. The Kier molecular flexibility index (Phi) is 8.81. The summed E-state index contributed by atoms with van der Waals surface area (Å²) >= 11 is 6.25. The summed E-state index contributed by atoms with van der Waals surface area (Å²) in [6.45, 7) is 1.75. The molecule has 204 valence electrons. The Bertz CT molecular complexity index is 1610. The average molecular weight is 558 g/mol. The summed E-state index contributed by atoms with van der Waals surface area (Å²) in [5.74, 6) is -0.843.